The highest BCUT2D eigenvalue weighted by Gasteiger charge is 2.27. The van der Waals surface area contributed by atoms with E-state index in [9.17, 15) is 4.79 Å². The molecule has 0 amide bonds. The summed E-state index contributed by atoms with van der Waals surface area (Å²) in [6.45, 7) is 8.88. The van der Waals surface area contributed by atoms with E-state index in [1.54, 1.807) is 0 Å². The molecule has 1 aromatic heterocycles. The molecule has 5 heteroatoms. The van der Waals surface area contributed by atoms with Crippen molar-refractivity contribution < 1.29 is 9.90 Å². The molecule has 4 nitrogen and oxygen atoms in total. The zero-order valence-corrected chi connectivity index (χ0v) is 12.7. The van der Waals surface area contributed by atoms with Gasteiger partial charge in [-0.1, -0.05) is 32.1 Å². The number of hydrogen-bond donors (Lipinski definition) is 1. The lowest BCUT2D eigenvalue weighted by molar-refractivity contribution is 0.0702. The summed E-state index contributed by atoms with van der Waals surface area (Å²) in [5, 5.41) is 9.81. The molecule has 1 aliphatic heterocycles. The fraction of sp³-hybridized carbons (Fsp3) is 0.714. The number of carboxylic acids is 1. The quantitative estimate of drug-likeness (QED) is 0.902. The van der Waals surface area contributed by atoms with E-state index in [1.807, 2.05) is 0 Å². The smallest absolute Gasteiger partial charge is 0.347 e. The normalized spacial score (nSPS) is 21.2. The summed E-state index contributed by atoms with van der Waals surface area (Å²) in [6.07, 6.45) is 5.03. The number of nitrogens with zero attached hydrogens (tertiary/aromatic N) is 2. The molecule has 19 heavy (non-hydrogen) atoms. The SMILES string of the molecule is CC(C)(C)C1CCCN(c2ncc(C(=O)O)s2)CC1. The second-order valence-electron chi connectivity index (χ2n) is 6.29. The number of aromatic carboxylic acids is 1. The van der Waals surface area contributed by atoms with Crippen LogP contribution in [0.25, 0.3) is 0 Å². The Balaban J connectivity index is 2.04. The topological polar surface area (TPSA) is 53.4 Å². The molecular weight excluding hydrogens is 260 g/mol. The molecule has 0 aromatic carbocycles. The number of rotatable bonds is 2. The van der Waals surface area contributed by atoms with Crippen LogP contribution < -0.4 is 4.90 Å². The number of carboxylic acid groups (broad SMARTS) is 1. The zero-order chi connectivity index (χ0) is 14.0. The number of anilines is 1. The van der Waals surface area contributed by atoms with E-state index < -0.39 is 5.97 Å². The Bertz CT molecular complexity index is 451. The van der Waals surface area contributed by atoms with Gasteiger partial charge in [0.25, 0.3) is 0 Å². The predicted octanol–water partition coefficient (Wildman–Crippen LogP) is 3.49. The minimum Gasteiger partial charge on any atom is -0.477 e. The maximum atomic E-state index is 10.9. The van der Waals surface area contributed by atoms with Crippen molar-refractivity contribution in [1.82, 2.24) is 4.98 Å². The number of carbonyl (C=O) groups is 1. The van der Waals surface area contributed by atoms with Crippen LogP contribution in [0.1, 0.15) is 49.7 Å². The number of thiazole rings is 1. The molecule has 1 fully saturated rings. The van der Waals surface area contributed by atoms with Crippen molar-refractivity contribution in [3.63, 3.8) is 0 Å². The van der Waals surface area contributed by atoms with Crippen molar-refractivity contribution >= 4 is 22.4 Å². The van der Waals surface area contributed by atoms with Crippen LogP contribution in [0.3, 0.4) is 0 Å². The van der Waals surface area contributed by atoms with Crippen molar-refractivity contribution in [2.45, 2.75) is 40.0 Å². The average Bonchev–Trinajstić information content (AvgIpc) is 2.66. The van der Waals surface area contributed by atoms with Crippen molar-refractivity contribution in [2.24, 2.45) is 11.3 Å². The third-order valence-corrected chi connectivity index (χ3v) is 4.97. The zero-order valence-electron chi connectivity index (χ0n) is 11.8. The molecule has 1 atom stereocenters. The maximum Gasteiger partial charge on any atom is 0.347 e. The van der Waals surface area contributed by atoms with Crippen LogP contribution in [0.2, 0.25) is 0 Å². The van der Waals surface area contributed by atoms with Crippen LogP contribution in [0, 0.1) is 11.3 Å². The molecule has 1 unspecified atom stereocenters. The maximum absolute atomic E-state index is 10.9. The molecule has 1 N–H and O–H groups in total. The van der Waals surface area contributed by atoms with Gasteiger partial charge in [0.05, 0.1) is 6.20 Å². The van der Waals surface area contributed by atoms with Gasteiger partial charge in [-0.15, -0.1) is 0 Å². The predicted molar refractivity (Wildman–Crippen MR) is 78.1 cm³/mol. The van der Waals surface area contributed by atoms with Crippen LogP contribution in [0.15, 0.2) is 6.20 Å². The summed E-state index contributed by atoms with van der Waals surface area (Å²) in [5.41, 5.74) is 0.352. The van der Waals surface area contributed by atoms with Crippen molar-refractivity contribution in [3.8, 4) is 0 Å². The second kappa shape index (κ2) is 5.49. The Morgan fingerprint density at radius 1 is 1.42 bits per heavy atom. The third kappa shape index (κ3) is 3.47. The fourth-order valence-corrected chi connectivity index (χ4v) is 3.47. The highest BCUT2D eigenvalue weighted by molar-refractivity contribution is 7.17. The van der Waals surface area contributed by atoms with Crippen molar-refractivity contribution in [1.29, 1.82) is 0 Å². The van der Waals surface area contributed by atoms with Gasteiger partial charge in [-0.3, -0.25) is 0 Å². The lowest BCUT2D eigenvalue weighted by Crippen LogP contribution is -2.25. The molecule has 106 valence electrons. The standard InChI is InChI=1S/C14H22N2O2S/c1-14(2,3)10-5-4-7-16(8-6-10)13-15-9-11(19-13)12(17)18/h9-10H,4-8H2,1-3H3,(H,17,18). The Morgan fingerprint density at radius 3 is 2.74 bits per heavy atom. The molecule has 2 rings (SSSR count). The average molecular weight is 282 g/mol. The number of hydrogen-bond acceptors (Lipinski definition) is 4. The van der Waals surface area contributed by atoms with E-state index in [4.69, 9.17) is 5.11 Å². The molecular formula is C14H22N2O2S. The molecule has 0 spiro atoms. The molecule has 0 saturated carbocycles. The summed E-state index contributed by atoms with van der Waals surface area (Å²) in [6, 6.07) is 0. The van der Waals surface area contributed by atoms with Gasteiger partial charge in [0.1, 0.15) is 4.88 Å². The fourth-order valence-electron chi connectivity index (χ4n) is 2.66. The van der Waals surface area contributed by atoms with Crippen LogP contribution in [-0.4, -0.2) is 29.1 Å². The molecule has 1 saturated heterocycles. The first-order valence-corrected chi connectivity index (χ1v) is 7.63. The molecule has 1 aromatic rings. The monoisotopic (exact) mass is 282 g/mol. The Kier molecular flexibility index (Phi) is 4.13. The van der Waals surface area contributed by atoms with Crippen LogP contribution >= 0.6 is 11.3 Å². The summed E-state index contributed by atoms with van der Waals surface area (Å²) < 4.78 is 0. The largest absolute Gasteiger partial charge is 0.477 e. The first-order chi connectivity index (χ1) is 8.88. The Labute approximate surface area is 118 Å². The lowest BCUT2D eigenvalue weighted by Gasteiger charge is -2.29. The molecule has 0 aliphatic carbocycles. The van der Waals surface area contributed by atoms with Gasteiger partial charge >= 0.3 is 5.97 Å². The summed E-state index contributed by atoms with van der Waals surface area (Å²) >= 11 is 1.28. The highest BCUT2D eigenvalue weighted by Crippen LogP contribution is 2.35. The summed E-state index contributed by atoms with van der Waals surface area (Å²) in [4.78, 5) is 17.7. The molecule has 0 radical (unpaired) electrons. The van der Waals surface area contributed by atoms with Gasteiger partial charge < -0.3 is 10.0 Å². The van der Waals surface area contributed by atoms with Gasteiger partial charge in [0, 0.05) is 13.1 Å². The van der Waals surface area contributed by atoms with Gasteiger partial charge in [0.2, 0.25) is 0 Å². The van der Waals surface area contributed by atoms with E-state index in [-0.39, 0.29) is 0 Å². The van der Waals surface area contributed by atoms with Crippen LogP contribution in [0.4, 0.5) is 5.13 Å². The first kappa shape index (κ1) is 14.3. The van der Waals surface area contributed by atoms with E-state index in [0.29, 0.717) is 10.3 Å². The lowest BCUT2D eigenvalue weighted by atomic mass is 9.77. The van der Waals surface area contributed by atoms with Gasteiger partial charge in [-0.05, 0) is 30.6 Å². The first-order valence-electron chi connectivity index (χ1n) is 6.82. The van der Waals surface area contributed by atoms with Crippen LogP contribution in [0.5, 0.6) is 0 Å². The highest BCUT2D eigenvalue weighted by atomic mass is 32.1. The van der Waals surface area contributed by atoms with E-state index in [2.05, 4.69) is 30.7 Å². The van der Waals surface area contributed by atoms with Gasteiger partial charge in [-0.2, -0.15) is 0 Å². The Hall–Kier alpha value is -1.10. The molecule has 1 aliphatic rings. The minimum absolute atomic E-state index is 0.326. The third-order valence-electron chi connectivity index (χ3n) is 3.93. The second-order valence-corrected chi connectivity index (χ2v) is 7.30. The molecule has 0 bridgehead atoms. The van der Waals surface area contributed by atoms with Crippen molar-refractivity contribution in [2.75, 3.05) is 18.0 Å². The Morgan fingerprint density at radius 2 is 2.16 bits per heavy atom. The van der Waals surface area contributed by atoms with Crippen molar-refractivity contribution in [3.05, 3.63) is 11.1 Å². The van der Waals surface area contributed by atoms with Gasteiger partial charge in [0.15, 0.2) is 5.13 Å². The number of aromatic nitrogens is 1. The summed E-state index contributed by atoms with van der Waals surface area (Å²) in [5.74, 6) is -0.150. The van der Waals surface area contributed by atoms with E-state index in [1.165, 1.54) is 24.0 Å². The molecule has 2 heterocycles. The summed E-state index contributed by atoms with van der Waals surface area (Å²) in [7, 11) is 0. The van der Waals surface area contributed by atoms with E-state index in [0.717, 1.165) is 37.0 Å². The van der Waals surface area contributed by atoms with E-state index >= 15 is 0 Å². The van der Waals surface area contributed by atoms with Gasteiger partial charge in [-0.25, -0.2) is 9.78 Å². The minimum atomic E-state index is -0.883. The van der Waals surface area contributed by atoms with Crippen LogP contribution in [-0.2, 0) is 0 Å².